The number of aromatic nitrogens is 3. The smallest absolute Gasteiger partial charge is 0.330 e. The quantitative estimate of drug-likeness (QED) is 0.218. The number of nitrogens with zero attached hydrogens (tertiary/aromatic N) is 2. The Hall–Kier alpha value is -3.50. The lowest BCUT2D eigenvalue weighted by Crippen LogP contribution is -2.33. The number of aromatic amines is 1. The molecule has 1 saturated heterocycles. The Morgan fingerprint density at radius 2 is 1.93 bits per heavy atom. The Morgan fingerprint density at radius 3 is 2.70 bits per heavy atom. The van der Waals surface area contributed by atoms with E-state index in [1.165, 1.54) is 16.8 Å². The molecule has 3 heterocycles. The molecule has 0 aliphatic carbocycles. The molecule has 1 aliphatic rings. The van der Waals surface area contributed by atoms with E-state index in [1.807, 2.05) is 50.4 Å². The third-order valence-corrected chi connectivity index (χ3v) is 7.92. The first kappa shape index (κ1) is 28.0. The first-order valence-electron chi connectivity index (χ1n) is 13.2. The monoisotopic (exact) mass is 568 g/mol. The third kappa shape index (κ3) is 5.97. The Morgan fingerprint density at radius 1 is 1.15 bits per heavy atom. The van der Waals surface area contributed by atoms with E-state index in [1.54, 1.807) is 13.8 Å². The minimum Gasteiger partial charge on any atom is -0.462 e. The molecule has 1 aliphatic heterocycles. The number of esters is 1. The number of carbonyl (C=O) groups is 1. The van der Waals surface area contributed by atoms with Crippen molar-refractivity contribution in [3.8, 4) is 5.75 Å². The van der Waals surface area contributed by atoms with Gasteiger partial charge < -0.3 is 23.1 Å². The van der Waals surface area contributed by atoms with Crippen LogP contribution >= 0.6 is 8.53 Å². The van der Waals surface area contributed by atoms with Gasteiger partial charge in [-0.05, 0) is 38.5 Å². The second-order valence-electron chi connectivity index (χ2n) is 10.1. The molecule has 0 spiro atoms. The fourth-order valence-electron chi connectivity index (χ4n) is 5.02. The van der Waals surface area contributed by atoms with Crippen molar-refractivity contribution < 1.29 is 23.3 Å². The average Bonchev–Trinajstić information content (AvgIpc) is 3.43. The van der Waals surface area contributed by atoms with Crippen LogP contribution in [-0.2, 0) is 25.8 Å². The highest BCUT2D eigenvalue weighted by Crippen LogP contribution is 2.43. The maximum absolute atomic E-state index is 12.3. The number of hydrogen-bond donors (Lipinski definition) is 2. The van der Waals surface area contributed by atoms with Gasteiger partial charge in [0, 0.05) is 36.1 Å². The van der Waals surface area contributed by atoms with Crippen LogP contribution < -0.4 is 20.9 Å². The topological polar surface area (TPSA) is 126 Å². The molecular formula is C28H33N4O7P. The molecule has 40 heavy (non-hydrogen) atoms. The summed E-state index contributed by atoms with van der Waals surface area (Å²) in [6, 6.07) is 15.2. The van der Waals surface area contributed by atoms with E-state index in [0.717, 1.165) is 21.8 Å². The highest BCUT2D eigenvalue weighted by atomic mass is 31.2. The maximum Gasteiger partial charge on any atom is 0.330 e. The van der Waals surface area contributed by atoms with Gasteiger partial charge >= 0.3 is 20.2 Å². The van der Waals surface area contributed by atoms with E-state index in [4.69, 9.17) is 18.5 Å². The van der Waals surface area contributed by atoms with Crippen molar-refractivity contribution in [2.75, 3.05) is 13.2 Å². The van der Waals surface area contributed by atoms with Crippen LogP contribution in [0.3, 0.4) is 0 Å². The number of rotatable bonds is 10. The van der Waals surface area contributed by atoms with Crippen molar-refractivity contribution in [2.45, 2.75) is 45.6 Å². The van der Waals surface area contributed by atoms with Crippen LogP contribution in [0.1, 0.15) is 33.4 Å². The zero-order chi connectivity index (χ0) is 28.4. The Labute approximate surface area is 232 Å². The molecule has 11 nitrogen and oxygen atoms in total. The lowest BCUT2D eigenvalue weighted by atomic mass is 10.1. The lowest BCUT2D eigenvalue weighted by Gasteiger charge is -2.21. The highest BCUT2D eigenvalue weighted by Gasteiger charge is 2.35. The summed E-state index contributed by atoms with van der Waals surface area (Å²) in [5, 5.41) is 5.07. The number of benzene rings is 2. The van der Waals surface area contributed by atoms with Crippen molar-refractivity contribution in [3.63, 3.8) is 0 Å². The lowest BCUT2D eigenvalue weighted by molar-refractivity contribution is -0.145. The normalized spacial score (nSPS) is 19.9. The van der Waals surface area contributed by atoms with E-state index in [-0.39, 0.29) is 31.3 Å². The Balaban J connectivity index is 1.35. The van der Waals surface area contributed by atoms with Crippen LogP contribution in [0.15, 0.2) is 64.3 Å². The zero-order valence-corrected chi connectivity index (χ0v) is 23.7. The van der Waals surface area contributed by atoms with Crippen molar-refractivity contribution in [1.29, 1.82) is 0 Å². The van der Waals surface area contributed by atoms with Gasteiger partial charge in [-0.1, -0.05) is 31.2 Å². The first-order valence-corrected chi connectivity index (χ1v) is 14.4. The van der Waals surface area contributed by atoms with Crippen LogP contribution in [0.2, 0.25) is 0 Å². The van der Waals surface area contributed by atoms with Gasteiger partial charge in [0.2, 0.25) is 0 Å². The molecule has 0 radical (unpaired) electrons. The zero-order valence-electron chi connectivity index (χ0n) is 22.8. The molecule has 2 N–H and O–H groups in total. The molecule has 12 heteroatoms. The summed E-state index contributed by atoms with van der Waals surface area (Å²) in [6.45, 7) is 5.63. The fraction of sp³-hybridized carbons (Fsp3) is 0.393. The second kappa shape index (κ2) is 11.9. The third-order valence-electron chi connectivity index (χ3n) is 6.76. The van der Waals surface area contributed by atoms with Gasteiger partial charge in [0.15, 0.2) is 0 Å². The van der Waals surface area contributed by atoms with Crippen LogP contribution in [0.25, 0.3) is 21.8 Å². The summed E-state index contributed by atoms with van der Waals surface area (Å²) in [7, 11) is 0.231. The van der Waals surface area contributed by atoms with Crippen molar-refractivity contribution >= 4 is 36.3 Å². The Bertz CT molecular complexity index is 1630. The van der Waals surface area contributed by atoms with Gasteiger partial charge in [-0.25, -0.2) is 9.88 Å². The Kier molecular flexibility index (Phi) is 8.37. The van der Waals surface area contributed by atoms with E-state index >= 15 is 0 Å². The summed E-state index contributed by atoms with van der Waals surface area (Å²) >= 11 is 0. The molecule has 2 aromatic heterocycles. The molecule has 0 saturated carbocycles. The van der Waals surface area contributed by atoms with E-state index in [2.05, 4.69) is 20.7 Å². The van der Waals surface area contributed by atoms with Crippen LogP contribution in [-0.4, -0.2) is 45.4 Å². The molecule has 4 unspecified atom stereocenters. The largest absolute Gasteiger partial charge is 0.462 e. The van der Waals surface area contributed by atoms with E-state index in [0.29, 0.717) is 12.2 Å². The summed E-state index contributed by atoms with van der Waals surface area (Å²) in [5.74, 6) is 0.215. The number of aryl methyl sites for hydroxylation is 1. The molecule has 0 bridgehead atoms. The minimum absolute atomic E-state index is 0.00255. The SMILES string of the molecule is CC(C)OC(=O)CNP(OCC1CC(C)C(n2ccc(=O)[nH]c2=O)O1)Oc1cccc2c1c1ccccc1n2C. The number of fused-ring (bicyclic) bond motifs is 3. The van der Waals surface area contributed by atoms with Crippen molar-refractivity contribution in [1.82, 2.24) is 19.2 Å². The molecule has 212 valence electrons. The fourth-order valence-corrected chi connectivity index (χ4v) is 6.12. The molecule has 5 rings (SSSR count). The van der Waals surface area contributed by atoms with Gasteiger partial charge in [-0.3, -0.25) is 19.1 Å². The number of carbonyl (C=O) groups excluding carboxylic acids is 1. The minimum atomic E-state index is -1.78. The first-order chi connectivity index (χ1) is 19.2. The maximum atomic E-state index is 12.3. The molecule has 2 aromatic carbocycles. The predicted molar refractivity (Wildman–Crippen MR) is 152 cm³/mol. The standard InChI is InChI=1S/C28H33N4O7P/c1-17(2)37-25(34)15-29-40(36-16-19-14-18(3)27(38-19)32-13-12-24(33)30-28(32)35)39-23-11-7-10-22-26(23)20-8-5-6-9-21(20)31(22)4/h5-13,17-19,27,29H,14-16H2,1-4H3,(H,30,33,35). The van der Waals surface area contributed by atoms with Gasteiger partial charge in [0.25, 0.3) is 5.56 Å². The van der Waals surface area contributed by atoms with E-state index < -0.39 is 32.0 Å². The van der Waals surface area contributed by atoms with Gasteiger partial charge in [0.05, 0.1) is 29.7 Å². The molecule has 1 fully saturated rings. The average molecular weight is 569 g/mol. The van der Waals surface area contributed by atoms with Crippen LogP contribution in [0, 0.1) is 5.92 Å². The molecule has 0 amide bonds. The summed E-state index contributed by atoms with van der Waals surface area (Å²) < 4.78 is 27.5. The number of hydrogen-bond acceptors (Lipinski definition) is 8. The summed E-state index contributed by atoms with van der Waals surface area (Å²) in [5.41, 5.74) is 1.10. The van der Waals surface area contributed by atoms with Gasteiger partial charge in [0.1, 0.15) is 18.5 Å². The highest BCUT2D eigenvalue weighted by molar-refractivity contribution is 7.45. The number of nitrogens with one attached hydrogen (secondary N) is 2. The number of ether oxygens (including phenoxy) is 2. The summed E-state index contributed by atoms with van der Waals surface area (Å²) in [4.78, 5) is 38.3. The molecular weight excluding hydrogens is 535 g/mol. The molecule has 4 atom stereocenters. The second-order valence-corrected chi connectivity index (χ2v) is 11.4. The molecule has 4 aromatic rings. The number of H-pyrrole nitrogens is 1. The van der Waals surface area contributed by atoms with Crippen molar-refractivity contribution in [2.24, 2.45) is 13.0 Å². The van der Waals surface area contributed by atoms with Crippen LogP contribution in [0.4, 0.5) is 0 Å². The summed E-state index contributed by atoms with van der Waals surface area (Å²) in [6.07, 6.45) is 0.962. The predicted octanol–water partition coefficient (Wildman–Crippen LogP) is 3.97. The van der Waals surface area contributed by atoms with Gasteiger partial charge in [-0.15, -0.1) is 0 Å². The van der Waals surface area contributed by atoms with Crippen LogP contribution in [0.5, 0.6) is 5.75 Å². The van der Waals surface area contributed by atoms with Crippen molar-refractivity contribution in [3.05, 3.63) is 75.6 Å². The van der Waals surface area contributed by atoms with Gasteiger partial charge in [-0.2, -0.15) is 0 Å². The number of para-hydroxylation sites is 1. The van der Waals surface area contributed by atoms with E-state index in [9.17, 15) is 14.4 Å².